The first-order valence-electron chi connectivity index (χ1n) is 30.5. The van der Waals surface area contributed by atoms with Crippen LogP contribution in [0.3, 0.4) is 0 Å². The monoisotopic (exact) mass is 1320 g/mol. The number of anilines is 2. The molecule has 26 nitrogen and oxygen atoms in total. The minimum Gasteiger partial charge on any atom is -0.480 e. The number of amides is 5. The van der Waals surface area contributed by atoms with Gasteiger partial charge in [-0.15, -0.1) is 0 Å². The highest BCUT2D eigenvalue weighted by molar-refractivity contribution is 6.40. The van der Waals surface area contributed by atoms with Gasteiger partial charge in [-0.05, 0) is 121 Å². The summed E-state index contributed by atoms with van der Waals surface area (Å²) in [5.74, 6) is -8.22. The molecule has 3 atom stereocenters. The van der Waals surface area contributed by atoms with Gasteiger partial charge in [0.1, 0.15) is 40.5 Å². The second-order valence-electron chi connectivity index (χ2n) is 26.8. The number of ether oxygens (including phenoxy) is 4. The standard InChI is InChI=1S/C64H87Cl2N11O15/c1-61(2,3)89-48(79)24-18-28-77-30-26-46-44(35-77)69-55(75(46)14)59(86)71-39-22-16-20-37(53(39)66)36-19-15-21-38(52(36)65)70-58(85)54-68-43-34-76(29-25-45(43)74(54)13)27-17-23-47(78)67-40(31-49(80)90-62(4,5)6)56(83)72-41(32-50(81)91-63(7,8)9)57(84)73-42(60(87)88)33-51(82)92-64(10,11)12/h15-16,19-22,40-42H,17-18,23-35H2,1-14H3,(H,67,78)(H,70,85)(H,71,86)(H,72,83)(H,73,84)(H,87,88)/t40-,41-,42-/m0/s1. The van der Waals surface area contributed by atoms with Gasteiger partial charge in [0.05, 0.1) is 52.1 Å². The largest absolute Gasteiger partial charge is 0.480 e. The fourth-order valence-electron chi connectivity index (χ4n) is 10.4. The number of carboxylic acids is 1. The van der Waals surface area contributed by atoms with Gasteiger partial charge in [0.15, 0.2) is 11.6 Å². The number of nitrogens with zero attached hydrogens (tertiary/aromatic N) is 6. The number of benzene rings is 2. The number of fused-ring (bicyclic) bond motifs is 2. The molecule has 502 valence electrons. The summed E-state index contributed by atoms with van der Waals surface area (Å²) in [5.41, 5.74) is 1.19. The van der Waals surface area contributed by atoms with Crippen LogP contribution in [0.4, 0.5) is 11.4 Å². The lowest BCUT2D eigenvalue weighted by atomic mass is 10.0. The minimum atomic E-state index is -1.84. The summed E-state index contributed by atoms with van der Waals surface area (Å²) in [6.07, 6.45) is -0.0606. The Hall–Kier alpha value is -7.94. The number of carboxylic acid groups (broad SMARTS) is 1. The fourth-order valence-corrected chi connectivity index (χ4v) is 10.9. The number of nitrogens with one attached hydrogen (secondary N) is 5. The Morgan fingerprint density at radius 2 is 0.880 bits per heavy atom. The van der Waals surface area contributed by atoms with Crippen LogP contribution in [0.15, 0.2) is 36.4 Å². The molecule has 4 heterocycles. The van der Waals surface area contributed by atoms with E-state index in [0.29, 0.717) is 80.9 Å². The molecular weight excluding hydrogens is 1230 g/mol. The van der Waals surface area contributed by atoms with Crippen molar-refractivity contribution >= 4 is 94.0 Å². The number of imidazole rings is 2. The van der Waals surface area contributed by atoms with Crippen molar-refractivity contribution in [3.63, 3.8) is 0 Å². The van der Waals surface area contributed by atoms with Gasteiger partial charge in [-0.1, -0.05) is 47.5 Å². The van der Waals surface area contributed by atoms with Gasteiger partial charge < -0.3 is 59.8 Å². The van der Waals surface area contributed by atoms with E-state index in [1.54, 1.807) is 122 Å². The predicted molar refractivity (Wildman–Crippen MR) is 341 cm³/mol. The zero-order chi connectivity index (χ0) is 68.4. The van der Waals surface area contributed by atoms with Crippen molar-refractivity contribution < 1.29 is 72.0 Å². The molecule has 0 saturated heterocycles. The van der Waals surface area contributed by atoms with E-state index in [4.69, 9.17) is 52.1 Å². The van der Waals surface area contributed by atoms with Gasteiger partial charge in [0.25, 0.3) is 11.8 Å². The van der Waals surface area contributed by atoms with Crippen LogP contribution < -0.4 is 26.6 Å². The van der Waals surface area contributed by atoms with Crippen molar-refractivity contribution in [1.82, 2.24) is 44.9 Å². The van der Waals surface area contributed by atoms with E-state index in [-0.39, 0.29) is 46.2 Å². The van der Waals surface area contributed by atoms with E-state index in [2.05, 4.69) is 31.5 Å². The SMILES string of the molecule is Cn1c(C(=O)Nc2cccc(-c3cccc(NC(=O)c4nc5c(n4C)CCN(CCCC(=O)OC(C)(C)C)C5)c3Cl)c2Cl)nc2c1CCN(CCCC(=O)N[C@@H](CC(=O)OC(C)(C)C)C(=O)N[C@@H](CC(=O)OC(C)(C)C)C(=O)N[C@@H](CC(=O)OC(C)(C)C)C(=O)O)C2. The molecule has 0 saturated carbocycles. The number of aromatic nitrogens is 4. The molecule has 2 aromatic carbocycles. The van der Waals surface area contributed by atoms with Gasteiger partial charge in [0.2, 0.25) is 17.7 Å². The maximum absolute atomic E-state index is 14.1. The van der Waals surface area contributed by atoms with Gasteiger partial charge in [-0.3, -0.25) is 53.0 Å². The van der Waals surface area contributed by atoms with Crippen molar-refractivity contribution in [2.24, 2.45) is 14.1 Å². The van der Waals surface area contributed by atoms with Gasteiger partial charge in [0, 0.05) is 88.5 Å². The third-order valence-corrected chi connectivity index (χ3v) is 15.1. The quantitative estimate of drug-likeness (QED) is 0.0288. The first-order valence-corrected chi connectivity index (χ1v) is 31.2. The number of esters is 4. The van der Waals surface area contributed by atoms with Crippen molar-refractivity contribution in [1.29, 1.82) is 0 Å². The van der Waals surface area contributed by atoms with Crippen LogP contribution in [0.25, 0.3) is 11.1 Å². The predicted octanol–water partition coefficient (Wildman–Crippen LogP) is 6.98. The Kier molecular flexibility index (Phi) is 24.4. The smallest absolute Gasteiger partial charge is 0.326 e. The molecule has 0 radical (unpaired) electrons. The summed E-state index contributed by atoms with van der Waals surface area (Å²) < 4.78 is 25.0. The fraction of sp³-hybridized carbons (Fsp3) is 0.562. The first-order chi connectivity index (χ1) is 42.7. The Labute approximate surface area is 545 Å². The average molecular weight is 1320 g/mol. The number of carbonyl (C=O) groups is 10. The van der Waals surface area contributed by atoms with E-state index < -0.39 is 113 Å². The third-order valence-electron chi connectivity index (χ3n) is 14.3. The Morgan fingerprint density at radius 3 is 1.27 bits per heavy atom. The molecule has 0 unspecified atom stereocenters. The molecule has 4 aromatic rings. The zero-order valence-electron chi connectivity index (χ0n) is 54.9. The highest BCUT2D eigenvalue weighted by atomic mass is 35.5. The molecule has 5 amide bonds. The molecule has 2 aromatic heterocycles. The Balaban J connectivity index is 1.07. The summed E-state index contributed by atoms with van der Waals surface area (Å²) in [7, 11) is 3.54. The summed E-state index contributed by atoms with van der Waals surface area (Å²) in [4.78, 5) is 146. The summed E-state index contributed by atoms with van der Waals surface area (Å²) in [5, 5.41) is 23.2. The van der Waals surface area contributed by atoms with Crippen LogP contribution in [0.2, 0.25) is 10.0 Å². The zero-order valence-corrected chi connectivity index (χ0v) is 56.4. The van der Waals surface area contributed by atoms with Gasteiger partial charge in [-0.25, -0.2) is 14.8 Å². The minimum absolute atomic E-state index is 0.116. The van der Waals surface area contributed by atoms with E-state index in [9.17, 15) is 53.1 Å². The number of rotatable bonds is 25. The number of hydrogen-bond acceptors (Lipinski definition) is 18. The molecule has 0 aliphatic carbocycles. The maximum atomic E-state index is 14.1. The van der Waals surface area contributed by atoms with E-state index in [0.717, 1.165) is 23.6 Å². The molecule has 28 heteroatoms. The van der Waals surface area contributed by atoms with Crippen molar-refractivity contribution in [2.75, 3.05) is 36.8 Å². The Bertz CT molecular complexity index is 3440. The second kappa shape index (κ2) is 30.7. The highest BCUT2D eigenvalue weighted by Crippen LogP contribution is 2.41. The van der Waals surface area contributed by atoms with Gasteiger partial charge >= 0.3 is 29.8 Å². The van der Waals surface area contributed by atoms with E-state index in [1.165, 1.54) is 0 Å². The van der Waals surface area contributed by atoms with E-state index in [1.807, 2.05) is 25.7 Å². The van der Waals surface area contributed by atoms with Crippen LogP contribution >= 0.6 is 23.2 Å². The van der Waals surface area contributed by atoms with Gasteiger partial charge in [-0.2, -0.15) is 0 Å². The number of aliphatic carboxylic acids is 1. The molecule has 6 rings (SSSR count). The maximum Gasteiger partial charge on any atom is 0.326 e. The molecule has 2 aliphatic rings. The molecule has 0 fully saturated rings. The lowest BCUT2D eigenvalue weighted by Gasteiger charge is -2.27. The van der Waals surface area contributed by atoms with Crippen molar-refractivity contribution in [2.45, 2.75) is 194 Å². The molecule has 0 bridgehead atoms. The van der Waals surface area contributed by atoms with E-state index >= 15 is 0 Å². The second-order valence-corrected chi connectivity index (χ2v) is 27.6. The lowest BCUT2D eigenvalue weighted by Crippen LogP contribution is -2.57. The average Bonchev–Trinajstić information content (AvgIpc) is 1.42. The topological polar surface area (TPSA) is 330 Å². The molecule has 0 spiro atoms. The summed E-state index contributed by atoms with van der Waals surface area (Å²) in [6, 6.07) is 4.93. The van der Waals surface area contributed by atoms with Crippen LogP contribution in [0.5, 0.6) is 0 Å². The normalized spacial score (nSPS) is 14.7. The highest BCUT2D eigenvalue weighted by Gasteiger charge is 2.36. The van der Waals surface area contributed by atoms with Crippen molar-refractivity contribution in [3.8, 4) is 11.1 Å². The lowest BCUT2D eigenvalue weighted by molar-refractivity contribution is -0.160. The summed E-state index contributed by atoms with van der Waals surface area (Å²) in [6.45, 7) is 22.9. The molecule has 2 aliphatic heterocycles. The van der Waals surface area contributed by atoms with Crippen LogP contribution in [-0.2, 0) is 97.3 Å². The molecular formula is C64H87Cl2N11O15. The number of hydrogen-bond donors (Lipinski definition) is 6. The molecule has 6 N–H and O–H groups in total. The van der Waals surface area contributed by atoms with Crippen LogP contribution in [0, 0.1) is 0 Å². The first kappa shape index (κ1) is 73.1. The van der Waals surface area contributed by atoms with Crippen LogP contribution in [0.1, 0.15) is 172 Å². The van der Waals surface area contributed by atoms with Crippen molar-refractivity contribution in [3.05, 3.63) is 80.9 Å². The molecule has 92 heavy (non-hydrogen) atoms. The number of halogens is 2. The summed E-state index contributed by atoms with van der Waals surface area (Å²) >= 11 is 14.1. The van der Waals surface area contributed by atoms with Crippen LogP contribution in [-0.4, -0.2) is 160 Å². The third kappa shape index (κ3) is 21.6. The Morgan fingerprint density at radius 1 is 0.522 bits per heavy atom. The number of carbonyl (C=O) groups excluding carboxylic acids is 9.